The molecule has 514 valence electrons. The number of nitrogens with zero attached hydrogens (tertiary/aromatic N) is 4. The van der Waals surface area contributed by atoms with Gasteiger partial charge in [-0.05, 0) is 230 Å². The van der Waals surface area contributed by atoms with Crippen LogP contribution in [0.3, 0.4) is 0 Å². The molecule has 0 radical (unpaired) electrons. The van der Waals surface area contributed by atoms with E-state index in [9.17, 15) is 0 Å². The molecule has 0 spiro atoms. The van der Waals surface area contributed by atoms with E-state index in [1.807, 2.05) is 30.7 Å². The first-order chi connectivity index (χ1) is 54.1. The second kappa shape index (κ2) is 24.4. The van der Waals surface area contributed by atoms with Gasteiger partial charge in [-0.1, -0.05) is 301 Å². The van der Waals surface area contributed by atoms with E-state index in [0.717, 1.165) is 38.9 Å². The predicted octanol–water partition coefficient (Wildman–Crippen LogP) is 28.3. The van der Waals surface area contributed by atoms with Crippen molar-refractivity contribution in [2.45, 2.75) is 38.5 Å². The predicted molar refractivity (Wildman–Crippen MR) is 464 cm³/mol. The Morgan fingerprint density at radius 3 is 1.01 bits per heavy atom. The largest absolute Gasteiger partial charge is 0.264 e. The maximum atomic E-state index is 5.40. The minimum atomic E-state index is -0.200. The monoisotopic (exact) mass is 1400 g/mol. The molecule has 0 bridgehead atoms. The van der Waals surface area contributed by atoms with Crippen molar-refractivity contribution in [3.8, 4) is 89.3 Å². The first-order valence-electron chi connectivity index (χ1n) is 38.2. The van der Waals surface area contributed by atoms with Crippen molar-refractivity contribution in [1.82, 2.24) is 19.9 Å². The van der Waals surface area contributed by atoms with Crippen LogP contribution in [-0.4, -0.2) is 19.9 Å². The average Bonchev–Trinajstić information content (AvgIpc) is 1.50. The van der Waals surface area contributed by atoms with Crippen molar-refractivity contribution >= 4 is 119 Å². The average molecular weight is 1400 g/mol. The molecule has 0 fully saturated rings. The lowest BCUT2D eigenvalue weighted by molar-refractivity contribution is 0.661. The van der Waals surface area contributed by atoms with Gasteiger partial charge in [-0.2, -0.15) is 0 Å². The topological polar surface area (TPSA) is 51.6 Å². The van der Waals surface area contributed by atoms with Crippen molar-refractivity contribution in [3.63, 3.8) is 0 Å². The Bertz CT molecular complexity index is 7460. The maximum Gasteiger partial charge on any atom is 0.0759 e. The van der Waals surface area contributed by atoms with Gasteiger partial charge in [0.1, 0.15) is 0 Å². The van der Waals surface area contributed by atoms with E-state index in [-0.39, 0.29) is 10.8 Å². The van der Waals surface area contributed by atoms with E-state index in [1.165, 1.54) is 192 Å². The Morgan fingerprint density at radius 1 is 0.227 bits per heavy atom. The van der Waals surface area contributed by atoms with E-state index in [0.29, 0.717) is 0 Å². The molecular weight excluding hydrogens is 1330 g/mol. The SMILES string of the molecule is CC1(C)c2ccccc2-c2nc3ccc4ccccc4c3c(-c3ccc(-c4ccc5c6ccc(-c7ccc8ncccc8c7)cc6c6ccccc6c5c4)cc3)c21.CC1(C)c2ccccc2-c2nc3ccc4ccccc4c3c(-c3ccc(-c4ccc5c6ccc(-c7cccnc7)cc6c6ccccc6c5c4)cc3)c21. The molecule has 0 N–H and O–H groups in total. The van der Waals surface area contributed by atoms with Gasteiger partial charge in [-0.15, -0.1) is 0 Å². The van der Waals surface area contributed by atoms with Crippen LogP contribution in [0.2, 0.25) is 0 Å². The molecule has 0 amide bonds. The quantitative estimate of drug-likeness (QED) is 0.156. The van der Waals surface area contributed by atoms with Gasteiger partial charge in [0.25, 0.3) is 0 Å². The molecular formula is C106H70N4. The van der Waals surface area contributed by atoms with Crippen LogP contribution in [-0.2, 0) is 10.8 Å². The lowest BCUT2D eigenvalue weighted by atomic mass is 9.78. The van der Waals surface area contributed by atoms with Crippen LogP contribution in [0.1, 0.15) is 49.9 Å². The summed E-state index contributed by atoms with van der Waals surface area (Å²) in [5.41, 5.74) is 27.2. The summed E-state index contributed by atoms with van der Waals surface area (Å²) in [6.45, 7) is 9.44. The fourth-order valence-electron chi connectivity index (χ4n) is 19.1. The molecule has 0 atom stereocenters. The maximum absolute atomic E-state index is 5.40. The molecule has 17 aromatic carbocycles. The molecule has 0 aliphatic heterocycles. The Morgan fingerprint density at radius 2 is 0.564 bits per heavy atom. The van der Waals surface area contributed by atoms with Crippen LogP contribution >= 0.6 is 0 Å². The Kier molecular flexibility index (Phi) is 14.1. The zero-order valence-corrected chi connectivity index (χ0v) is 61.3. The molecule has 2 aliphatic rings. The van der Waals surface area contributed by atoms with Crippen LogP contribution in [0.5, 0.6) is 0 Å². The van der Waals surface area contributed by atoms with E-state index >= 15 is 0 Å². The zero-order valence-electron chi connectivity index (χ0n) is 61.3. The van der Waals surface area contributed by atoms with Crippen molar-refractivity contribution in [2.75, 3.05) is 0 Å². The highest BCUT2D eigenvalue weighted by Crippen LogP contribution is 2.57. The van der Waals surface area contributed by atoms with Gasteiger partial charge in [0.15, 0.2) is 0 Å². The summed E-state index contributed by atoms with van der Waals surface area (Å²) in [5.74, 6) is 0. The van der Waals surface area contributed by atoms with E-state index in [4.69, 9.17) is 9.97 Å². The Balaban J connectivity index is 0.000000136. The summed E-state index contributed by atoms with van der Waals surface area (Å²) < 4.78 is 0. The van der Waals surface area contributed by atoms with Crippen LogP contribution in [0, 0.1) is 0 Å². The second-order valence-electron chi connectivity index (χ2n) is 31.1. The summed E-state index contributed by atoms with van der Waals surface area (Å²) in [6.07, 6.45) is 5.62. The van der Waals surface area contributed by atoms with E-state index in [1.54, 1.807) is 0 Å². The molecule has 4 heteroatoms. The normalized spacial score (nSPS) is 13.2. The highest BCUT2D eigenvalue weighted by atomic mass is 14.7. The number of pyridine rings is 4. The Labute approximate surface area is 637 Å². The molecule has 4 heterocycles. The number of hydrogen-bond acceptors (Lipinski definition) is 4. The number of rotatable bonds is 6. The van der Waals surface area contributed by atoms with Gasteiger partial charge < -0.3 is 0 Å². The minimum Gasteiger partial charge on any atom is -0.264 e. The molecule has 4 nitrogen and oxygen atoms in total. The lowest BCUT2D eigenvalue weighted by Crippen LogP contribution is -2.16. The summed E-state index contributed by atoms with van der Waals surface area (Å²) in [7, 11) is 0. The van der Waals surface area contributed by atoms with E-state index in [2.05, 4.69) is 359 Å². The molecule has 0 unspecified atom stereocenters. The van der Waals surface area contributed by atoms with Gasteiger partial charge in [0, 0.05) is 62.3 Å². The molecule has 4 aromatic heterocycles. The third-order valence-electron chi connectivity index (χ3n) is 24.3. The first-order valence-corrected chi connectivity index (χ1v) is 38.2. The summed E-state index contributed by atoms with van der Waals surface area (Å²) in [5, 5.41) is 23.8. The van der Waals surface area contributed by atoms with Gasteiger partial charge >= 0.3 is 0 Å². The van der Waals surface area contributed by atoms with Crippen LogP contribution < -0.4 is 0 Å². The third kappa shape index (κ3) is 9.72. The van der Waals surface area contributed by atoms with E-state index < -0.39 is 0 Å². The fraction of sp³-hybridized carbons (Fsp3) is 0.0566. The smallest absolute Gasteiger partial charge is 0.0759 e. The minimum absolute atomic E-state index is 0.195. The summed E-state index contributed by atoms with van der Waals surface area (Å²) in [6, 6.07) is 123. The number of benzene rings is 17. The first kappa shape index (κ1) is 63.5. The van der Waals surface area contributed by atoms with Gasteiger partial charge in [-0.3, -0.25) is 9.97 Å². The second-order valence-corrected chi connectivity index (χ2v) is 31.1. The highest BCUT2D eigenvalue weighted by Gasteiger charge is 2.42. The number of fused-ring (bicyclic) bond motifs is 25. The number of aromatic nitrogens is 4. The fourth-order valence-corrected chi connectivity index (χ4v) is 19.1. The molecule has 23 rings (SSSR count). The molecule has 0 saturated heterocycles. The molecule has 0 saturated carbocycles. The van der Waals surface area contributed by atoms with Crippen molar-refractivity contribution < 1.29 is 0 Å². The highest BCUT2D eigenvalue weighted by molar-refractivity contribution is 6.28. The van der Waals surface area contributed by atoms with Gasteiger partial charge in [0.2, 0.25) is 0 Å². The van der Waals surface area contributed by atoms with Crippen LogP contribution in [0.15, 0.2) is 352 Å². The third-order valence-corrected chi connectivity index (χ3v) is 24.3. The zero-order chi connectivity index (χ0) is 73.1. The summed E-state index contributed by atoms with van der Waals surface area (Å²) in [4.78, 5) is 19.7. The van der Waals surface area contributed by atoms with Gasteiger partial charge in [0.05, 0.1) is 27.9 Å². The van der Waals surface area contributed by atoms with Crippen LogP contribution in [0.25, 0.3) is 208 Å². The van der Waals surface area contributed by atoms with Crippen molar-refractivity contribution in [2.24, 2.45) is 0 Å². The molecule has 110 heavy (non-hydrogen) atoms. The molecule has 2 aliphatic carbocycles. The molecule has 21 aromatic rings. The van der Waals surface area contributed by atoms with Gasteiger partial charge in [-0.25, -0.2) is 9.97 Å². The number of hydrogen-bond donors (Lipinski definition) is 0. The summed E-state index contributed by atoms with van der Waals surface area (Å²) >= 11 is 0. The van der Waals surface area contributed by atoms with Crippen molar-refractivity contribution in [1.29, 1.82) is 0 Å². The Hall–Kier alpha value is -13.8. The standard InChI is InChI=1S/C55H36N2.C51H34N2/c1-55(2)48-16-8-7-15-45(48)54-53(55)51(52-40-12-4-3-10-34(40)23-28-50(52)57-54)35-19-17-33(18-20-35)37-21-25-43-44-26-22-38(36-24-27-49-39(30-36)11-9-29-56-49)32-47(44)42-14-6-5-13-41(42)46(43)31-37;1-51(2)45-16-8-7-15-42(45)50-49(51)47(48-37-12-4-3-10-32(37)23-26-46(48)53-50)33-19-17-31(18-20-33)34-21-24-40-41-25-22-35(36-11-9-27-52-30-36)29-44(41)39-14-6-5-13-38(39)43(40)28-34/h3-32H,1-2H3;3-30H,1-2H3. The van der Waals surface area contributed by atoms with Crippen LogP contribution in [0.4, 0.5) is 0 Å². The van der Waals surface area contributed by atoms with Crippen molar-refractivity contribution in [3.05, 3.63) is 374 Å². The lowest BCUT2D eigenvalue weighted by Gasteiger charge is -2.25.